The number of nitrogens with one attached hydrogen (secondary N) is 1. The molecule has 0 aliphatic heterocycles. The van der Waals surface area contributed by atoms with Crippen molar-refractivity contribution in [3.05, 3.63) is 47.9 Å². The number of para-hydroxylation sites is 1. The van der Waals surface area contributed by atoms with Crippen LogP contribution in [-0.2, 0) is 4.74 Å². The topological polar surface area (TPSA) is 84.4 Å². The Morgan fingerprint density at radius 2 is 2.00 bits per heavy atom. The van der Waals surface area contributed by atoms with E-state index >= 15 is 0 Å². The number of methoxy groups -OCH3 is 1. The van der Waals surface area contributed by atoms with Gasteiger partial charge in [-0.1, -0.05) is 25.5 Å². The van der Waals surface area contributed by atoms with Gasteiger partial charge in [0.2, 0.25) is 0 Å². The predicted octanol–water partition coefficient (Wildman–Crippen LogP) is 2.75. The Hall–Kier alpha value is -2.96. The van der Waals surface area contributed by atoms with Gasteiger partial charge in [0.1, 0.15) is 17.8 Å². The average Bonchev–Trinajstić information content (AvgIpc) is 2.66. The maximum Gasteiger partial charge on any atom is 0.339 e. The molecule has 132 valence electrons. The average molecular weight is 342 g/mol. The molecule has 25 heavy (non-hydrogen) atoms. The van der Waals surface area contributed by atoms with Crippen molar-refractivity contribution in [3.8, 4) is 0 Å². The number of nitrogens with zero attached hydrogens (tertiary/aromatic N) is 3. The van der Waals surface area contributed by atoms with Crippen LogP contribution in [0.15, 0.2) is 36.7 Å². The lowest BCUT2D eigenvalue weighted by atomic mass is 10.1. The van der Waals surface area contributed by atoms with E-state index in [0.29, 0.717) is 11.5 Å². The fraction of sp³-hybridized carbons (Fsp3) is 0.333. The highest BCUT2D eigenvalue weighted by atomic mass is 16.5. The summed E-state index contributed by atoms with van der Waals surface area (Å²) >= 11 is 0. The molecule has 0 radical (unpaired) electrons. The summed E-state index contributed by atoms with van der Waals surface area (Å²) in [4.78, 5) is 34.5. The molecular formula is C18H22N4O3. The highest BCUT2D eigenvalue weighted by Gasteiger charge is 2.16. The van der Waals surface area contributed by atoms with Gasteiger partial charge < -0.3 is 15.0 Å². The number of esters is 1. The highest BCUT2D eigenvalue weighted by molar-refractivity contribution is 6.07. The smallest absolute Gasteiger partial charge is 0.339 e. The molecule has 0 spiro atoms. The van der Waals surface area contributed by atoms with Crippen LogP contribution < -0.4 is 10.2 Å². The van der Waals surface area contributed by atoms with Crippen molar-refractivity contribution in [1.82, 2.24) is 9.97 Å². The van der Waals surface area contributed by atoms with Crippen LogP contribution in [0.3, 0.4) is 0 Å². The molecule has 7 nitrogen and oxygen atoms in total. The van der Waals surface area contributed by atoms with Gasteiger partial charge in [-0.2, -0.15) is 0 Å². The molecular weight excluding hydrogens is 320 g/mol. The molecule has 1 amide bonds. The third kappa shape index (κ3) is 4.76. The van der Waals surface area contributed by atoms with Crippen LogP contribution in [0.2, 0.25) is 0 Å². The van der Waals surface area contributed by atoms with E-state index < -0.39 is 11.9 Å². The predicted molar refractivity (Wildman–Crippen MR) is 95.9 cm³/mol. The normalized spacial score (nSPS) is 10.2. The Labute approximate surface area is 147 Å². The second-order valence-corrected chi connectivity index (χ2v) is 5.53. The molecule has 0 unspecified atom stereocenters. The Kier molecular flexibility index (Phi) is 6.45. The van der Waals surface area contributed by atoms with Crippen LogP contribution in [0.5, 0.6) is 0 Å². The summed E-state index contributed by atoms with van der Waals surface area (Å²) < 4.78 is 4.73. The summed E-state index contributed by atoms with van der Waals surface area (Å²) in [6, 6.07) is 8.29. The summed E-state index contributed by atoms with van der Waals surface area (Å²) in [5.41, 5.74) is 0.888. The van der Waals surface area contributed by atoms with E-state index in [4.69, 9.17) is 4.74 Å². The van der Waals surface area contributed by atoms with Gasteiger partial charge in [0.15, 0.2) is 0 Å². The Morgan fingerprint density at radius 1 is 1.24 bits per heavy atom. The number of hydrogen-bond acceptors (Lipinski definition) is 6. The second-order valence-electron chi connectivity index (χ2n) is 5.53. The van der Waals surface area contributed by atoms with Gasteiger partial charge in [-0.25, -0.2) is 14.8 Å². The van der Waals surface area contributed by atoms with Crippen LogP contribution >= 0.6 is 0 Å². The molecule has 0 aliphatic carbocycles. The van der Waals surface area contributed by atoms with Gasteiger partial charge in [0.25, 0.3) is 5.91 Å². The minimum Gasteiger partial charge on any atom is -0.465 e. The van der Waals surface area contributed by atoms with Gasteiger partial charge in [0, 0.05) is 19.7 Å². The van der Waals surface area contributed by atoms with Crippen LogP contribution in [0.4, 0.5) is 11.5 Å². The number of carbonyl (C=O) groups excluding carboxylic acids is 2. The van der Waals surface area contributed by atoms with Crippen LogP contribution in [0.1, 0.15) is 40.6 Å². The molecule has 0 saturated carbocycles. The quantitative estimate of drug-likeness (QED) is 0.779. The zero-order valence-electron chi connectivity index (χ0n) is 14.7. The lowest BCUT2D eigenvalue weighted by Gasteiger charge is -2.17. The van der Waals surface area contributed by atoms with E-state index in [2.05, 4.69) is 22.2 Å². The number of benzene rings is 1. The van der Waals surface area contributed by atoms with E-state index in [0.717, 1.165) is 19.4 Å². The van der Waals surface area contributed by atoms with Crippen molar-refractivity contribution >= 4 is 23.4 Å². The third-order valence-electron chi connectivity index (χ3n) is 3.70. The minimum absolute atomic E-state index is 0.230. The largest absolute Gasteiger partial charge is 0.465 e. The van der Waals surface area contributed by atoms with E-state index in [1.165, 1.54) is 13.4 Å². The Balaban J connectivity index is 2.18. The van der Waals surface area contributed by atoms with Gasteiger partial charge in [0.05, 0.1) is 18.4 Å². The van der Waals surface area contributed by atoms with Crippen molar-refractivity contribution in [3.63, 3.8) is 0 Å². The number of ether oxygens (including phenoxy) is 1. The van der Waals surface area contributed by atoms with E-state index in [9.17, 15) is 9.59 Å². The van der Waals surface area contributed by atoms with Gasteiger partial charge in [-0.3, -0.25) is 4.79 Å². The van der Waals surface area contributed by atoms with Crippen molar-refractivity contribution in [1.29, 1.82) is 0 Å². The number of carbonyl (C=O) groups is 2. The molecule has 1 aromatic heterocycles. The number of hydrogen-bond donors (Lipinski definition) is 1. The van der Waals surface area contributed by atoms with Crippen molar-refractivity contribution in [2.75, 3.05) is 30.9 Å². The first-order valence-electron chi connectivity index (χ1n) is 8.08. The fourth-order valence-corrected chi connectivity index (χ4v) is 2.26. The number of amides is 1. The molecule has 0 fully saturated rings. The SMILES string of the molecule is CCCCN(C)c1cc(C(=O)Nc2ccccc2C(=O)OC)ncn1. The molecule has 0 aliphatic rings. The van der Waals surface area contributed by atoms with Crippen LogP contribution in [-0.4, -0.2) is 42.5 Å². The number of rotatable bonds is 7. The lowest BCUT2D eigenvalue weighted by molar-refractivity contribution is 0.0602. The van der Waals surface area contributed by atoms with Gasteiger partial charge >= 0.3 is 5.97 Å². The van der Waals surface area contributed by atoms with E-state index in [-0.39, 0.29) is 11.3 Å². The Bertz CT molecular complexity index is 749. The van der Waals surface area contributed by atoms with Gasteiger partial charge in [-0.05, 0) is 18.6 Å². The monoisotopic (exact) mass is 342 g/mol. The zero-order valence-corrected chi connectivity index (χ0v) is 14.7. The first-order valence-corrected chi connectivity index (χ1v) is 8.08. The minimum atomic E-state index is -0.515. The molecule has 1 heterocycles. The maximum atomic E-state index is 12.5. The zero-order chi connectivity index (χ0) is 18.2. The molecule has 2 aromatic rings. The van der Waals surface area contributed by atoms with Crippen molar-refractivity contribution in [2.45, 2.75) is 19.8 Å². The summed E-state index contributed by atoms with van der Waals surface area (Å²) in [5, 5.41) is 2.70. The van der Waals surface area contributed by atoms with Gasteiger partial charge in [-0.15, -0.1) is 0 Å². The van der Waals surface area contributed by atoms with Crippen LogP contribution in [0, 0.1) is 0 Å². The van der Waals surface area contributed by atoms with E-state index in [1.54, 1.807) is 30.3 Å². The molecule has 0 saturated heterocycles. The summed E-state index contributed by atoms with van der Waals surface area (Å²) in [5.74, 6) is -0.252. The Morgan fingerprint density at radius 3 is 2.72 bits per heavy atom. The molecule has 2 rings (SSSR count). The first-order chi connectivity index (χ1) is 12.1. The number of unbranched alkanes of at least 4 members (excludes halogenated alkanes) is 1. The lowest BCUT2D eigenvalue weighted by Crippen LogP contribution is -2.21. The number of aromatic nitrogens is 2. The van der Waals surface area contributed by atoms with Crippen molar-refractivity contribution in [2.24, 2.45) is 0 Å². The van der Waals surface area contributed by atoms with E-state index in [1.807, 2.05) is 11.9 Å². The standard InChI is InChI=1S/C18H22N4O3/c1-4-5-10-22(2)16-11-15(19-12-20-16)17(23)21-14-9-7-6-8-13(14)18(24)25-3/h6-9,11-12H,4-5,10H2,1-3H3,(H,21,23). The van der Waals surface area contributed by atoms with Crippen LogP contribution in [0.25, 0.3) is 0 Å². The molecule has 7 heteroatoms. The first kappa shape index (κ1) is 18.4. The molecule has 0 atom stereocenters. The molecule has 1 aromatic carbocycles. The molecule has 1 N–H and O–H groups in total. The maximum absolute atomic E-state index is 12.5. The molecule has 0 bridgehead atoms. The number of anilines is 2. The summed E-state index contributed by atoms with van der Waals surface area (Å²) in [6.45, 7) is 2.96. The summed E-state index contributed by atoms with van der Waals surface area (Å²) in [7, 11) is 3.22. The van der Waals surface area contributed by atoms with Crippen molar-refractivity contribution < 1.29 is 14.3 Å². The third-order valence-corrected chi connectivity index (χ3v) is 3.70. The summed E-state index contributed by atoms with van der Waals surface area (Å²) in [6.07, 6.45) is 3.47. The second kappa shape index (κ2) is 8.77. The highest BCUT2D eigenvalue weighted by Crippen LogP contribution is 2.18. The fourth-order valence-electron chi connectivity index (χ4n) is 2.26.